The van der Waals surface area contributed by atoms with Crippen LogP contribution in [-0.2, 0) is 0 Å². The molecule has 0 aliphatic rings. The van der Waals surface area contributed by atoms with Crippen LogP contribution in [0.5, 0.6) is 11.5 Å². The van der Waals surface area contributed by atoms with E-state index < -0.39 is 4.84 Å². The van der Waals surface area contributed by atoms with Gasteiger partial charge >= 0.3 is 0 Å². The van der Waals surface area contributed by atoms with Gasteiger partial charge in [-0.15, -0.1) is 0 Å². The average Bonchev–Trinajstić information content (AvgIpc) is 1.94. The van der Waals surface area contributed by atoms with E-state index in [9.17, 15) is 0 Å². The number of hydrogen-bond acceptors (Lipinski definition) is 2. The van der Waals surface area contributed by atoms with Gasteiger partial charge in [-0.1, -0.05) is 23.2 Å². The molecule has 2 N–H and O–H groups in total. The first-order valence-corrected chi connectivity index (χ1v) is 3.78. The molecule has 0 atom stereocenters. The lowest BCUT2D eigenvalue weighted by Crippen LogP contribution is -1.81. The number of alkyl halides is 2. The molecule has 1 aromatic carbocycles. The fraction of sp³-hybridized carbons (Fsp3) is 0.143. The summed E-state index contributed by atoms with van der Waals surface area (Å²) in [6.07, 6.45) is 0. The molecule has 0 radical (unpaired) electrons. The third-order valence-corrected chi connectivity index (χ3v) is 1.72. The number of hydrogen-bond donors (Lipinski definition) is 2. The molecule has 2 nitrogen and oxygen atoms in total. The summed E-state index contributed by atoms with van der Waals surface area (Å²) >= 11 is 10.9. The first-order valence-electron chi connectivity index (χ1n) is 2.91. The number of phenols is 2. The van der Waals surface area contributed by atoms with Crippen LogP contribution in [0.15, 0.2) is 18.2 Å². The summed E-state index contributed by atoms with van der Waals surface area (Å²) in [5.74, 6) is 0.0156. The Morgan fingerprint density at radius 2 is 1.82 bits per heavy atom. The first kappa shape index (κ1) is 8.50. The van der Waals surface area contributed by atoms with Crippen LogP contribution in [0, 0.1) is 0 Å². The maximum atomic E-state index is 9.13. The first-order chi connectivity index (χ1) is 5.11. The van der Waals surface area contributed by atoms with Crippen LogP contribution < -0.4 is 0 Å². The van der Waals surface area contributed by atoms with E-state index in [2.05, 4.69) is 0 Å². The predicted molar refractivity (Wildman–Crippen MR) is 44.2 cm³/mol. The van der Waals surface area contributed by atoms with Gasteiger partial charge < -0.3 is 10.2 Å². The third kappa shape index (κ3) is 1.91. The molecule has 0 saturated carbocycles. The molecule has 0 amide bonds. The van der Waals surface area contributed by atoms with Crippen LogP contribution in [0.1, 0.15) is 10.4 Å². The maximum absolute atomic E-state index is 9.13. The molecule has 0 fully saturated rings. The summed E-state index contributed by atoms with van der Waals surface area (Å²) in [5, 5.41) is 18.1. The van der Waals surface area contributed by atoms with Gasteiger partial charge in [0, 0.05) is 5.56 Å². The molecule has 0 bridgehead atoms. The Hall–Kier alpha value is -0.600. The van der Waals surface area contributed by atoms with Crippen molar-refractivity contribution in [2.75, 3.05) is 0 Å². The van der Waals surface area contributed by atoms with Gasteiger partial charge in [0.15, 0.2) is 0 Å². The lowest BCUT2D eigenvalue weighted by molar-refractivity contribution is 0.456. The standard InChI is InChI=1S/C7H6Cl2O2/c8-7(9)5-3-4(10)1-2-6(5)11/h1-3,7,10-11H. The van der Waals surface area contributed by atoms with Crippen molar-refractivity contribution in [1.82, 2.24) is 0 Å². The van der Waals surface area contributed by atoms with Crippen LogP contribution in [0.3, 0.4) is 0 Å². The van der Waals surface area contributed by atoms with Crippen molar-refractivity contribution in [2.45, 2.75) is 4.84 Å². The van der Waals surface area contributed by atoms with E-state index in [0.717, 1.165) is 0 Å². The summed E-state index contributed by atoms with van der Waals surface area (Å²) in [6.45, 7) is 0. The molecule has 1 aromatic rings. The van der Waals surface area contributed by atoms with Crippen LogP contribution in [0.2, 0.25) is 0 Å². The van der Waals surface area contributed by atoms with Crippen molar-refractivity contribution in [3.8, 4) is 11.5 Å². The van der Waals surface area contributed by atoms with E-state index in [4.69, 9.17) is 33.4 Å². The fourth-order valence-corrected chi connectivity index (χ4v) is 1.07. The minimum atomic E-state index is -0.818. The van der Waals surface area contributed by atoms with Gasteiger partial charge in [-0.05, 0) is 18.2 Å². The van der Waals surface area contributed by atoms with Gasteiger partial charge in [0.05, 0.1) is 0 Å². The summed E-state index contributed by atoms with van der Waals surface area (Å²) < 4.78 is 0. The van der Waals surface area contributed by atoms with Gasteiger partial charge in [0.1, 0.15) is 16.3 Å². The quantitative estimate of drug-likeness (QED) is 0.531. The van der Waals surface area contributed by atoms with Crippen LogP contribution >= 0.6 is 23.2 Å². The Kier molecular flexibility index (Phi) is 2.47. The highest BCUT2D eigenvalue weighted by Gasteiger charge is 2.09. The van der Waals surface area contributed by atoms with Gasteiger partial charge in [-0.3, -0.25) is 0 Å². The lowest BCUT2D eigenvalue weighted by atomic mass is 10.2. The van der Waals surface area contributed by atoms with Crippen LogP contribution in [0.25, 0.3) is 0 Å². The second-order valence-electron chi connectivity index (χ2n) is 2.04. The fourth-order valence-electron chi connectivity index (χ4n) is 0.717. The average molecular weight is 193 g/mol. The summed E-state index contributed by atoms with van der Waals surface area (Å²) in [6, 6.07) is 4.01. The van der Waals surface area contributed by atoms with Crippen LogP contribution in [0.4, 0.5) is 0 Å². The predicted octanol–water partition coefficient (Wildman–Crippen LogP) is 2.57. The monoisotopic (exact) mass is 192 g/mol. The molecule has 0 unspecified atom stereocenters. The number of aromatic hydroxyl groups is 2. The summed E-state index contributed by atoms with van der Waals surface area (Å²) in [4.78, 5) is -0.818. The topological polar surface area (TPSA) is 40.5 Å². The molecule has 0 aromatic heterocycles. The Bertz CT molecular complexity index is 261. The smallest absolute Gasteiger partial charge is 0.136 e. The van der Waals surface area contributed by atoms with Gasteiger partial charge in [0.25, 0.3) is 0 Å². The second kappa shape index (κ2) is 3.20. The Morgan fingerprint density at radius 3 is 2.27 bits per heavy atom. The highest BCUT2D eigenvalue weighted by atomic mass is 35.5. The van der Waals surface area contributed by atoms with Crippen molar-refractivity contribution < 1.29 is 10.2 Å². The van der Waals surface area contributed by atoms with E-state index >= 15 is 0 Å². The van der Waals surface area contributed by atoms with Gasteiger partial charge in [-0.25, -0.2) is 0 Å². The highest BCUT2D eigenvalue weighted by molar-refractivity contribution is 6.44. The normalized spacial score (nSPS) is 10.5. The lowest BCUT2D eigenvalue weighted by Gasteiger charge is -2.04. The SMILES string of the molecule is Oc1ccc(O)c(C(Cl)Cl)c1. The van der Waals surface area contributed by atoms with E-state index in [0.29, 0.717) is 5.56 Å². The van der Waals surface area contributed by atoms with E-state index in [1.165, 1.54) is 18.2 Å². The van der Waals surface area contributed by atoms with Gasteiger partial charge in [0.2, 0.25) is 0 Å². The van der Waals surface area contributed by atoms with E-state index in [1.54, 1.807) is 0 Å². The third-order valence-electron chi connectivity index (χ3n) is 1.25. The maximum Gasteiger partial charge on any atom is 0.136 e. The number of halogens is 2. The molecule has 0 aliphatic heterocycles. The van der Waals surface area contributed by atoms with Crippen LogP contribution in [-0.4, -0.2) is 10.2 Å². The molecule has 60 valence electrons. The zero-order valence-electron chi connectivity index (χ0n) is 5.46. The van der Waals surface area contributed by atoms with Crippen molar-refractivity contribution in [2.24, 2.45) is 0 Å². The summed E-state index contributed by atoms with van der Waals surface area (Å²) in [5.41, 5.74) is 0.313. The molecule has 0 spiro atoms. The largest absolute Gasteiger partial charge is 0.508 e. The summed E-state index contributed by atoms with van der Waals surface area (Å²) in [7, 11) is 0. The van der Waals surface area contributed by atoms with E-state index in [1.807, 2.05) is 0 Å². The molecule has 11 heavy (non-hydrogen) atoms. The van der Waals surface area contributed by atoms with Gasteiger partial charge in [-0.2, -0.15) is 0 Å². The molecule has 1 rings (SSSR count). The van der Waals surface area contributed by atoms with Crippen molar-refractivity contribution in [3.05, 3.63) is 23.8 Å². The number of benzene rings is 1. The van der Waals surface area contributed by atoms with Crippen molar-refractivity contribution in [1.29, 1.82) is 0 Å². The Balaban J connectivity index is 3.13. The molecule has 0 heterocycles. The van der Waals surface area contributed by atoms with Crippen molar-refractivity contribution in [3.63, 3.8) is 0 Å². The zero-order valence-corrected chi connectivity index (χ0v) is 6.97. The molecule has 4 heteroatoms. The Morgan fingerprint density at radius 1 is 1.18 bits per heavy atom. The molecule has 0 saturated heterocycles. The molecular weight excluding hydrogens is 187 g/mol. The minimum absolute atomic E-state index is 0.0159. The number of rotatable bonds is 1. The van der Waals surface area contributed by atoms with Crippen molar-refractivity contribution >= 4 is 23.2 Å². The van der Waals surface area contributed by atoms with E-state index in [-0.39, 0.29) is 11.5 Å². The molecular formula is C7H6Cl2O2. The Labute approximate surface area is 74.0 Å². The number of phenolic OH excluding ortho intramolecular Hbond substituents is 2. The minimum Gasteiger partial charge on any atom is -0.508 e. The molecule has 0 aliphatic carbocycles. The second-order valence-corrected chi connectivity index (χ2v) is 3.14. The zero-order chi connectivity index (χ0) is 8.43. The highest BCUT2D eigenvalue weighted by Crippen LogP contribution is 2.33.